The zero-order chi connectivity index (χ0) is 21.1. The highest BCUT2D eigenvalue weighted by Gasteiger charge is 2.42. The summed E-state index contributed by atoms with van der Waals surface area (Å²) in [6.45, 7) is 6.49. The molecule has 1 atom stereocenters. The number of ether oxygens (including phenoxy) is 2. The molecular weight excluding hydrogens is 396 g/mol. The molecule has 0 spiro atoms. The highest BCUT2D eigenvalue weighted by Crippen LogP contribution is 2.48. The lowest BCUT2D eigenvalue weighted by molar-refractivity contribution is -0.139. The number of aliphatic imine (C=N–C) groups is 1. The lowest BCUT2D eigenvalue weighted by Crippen LogP contribution is -2.36. The van der Waals surface area contributed by atoms with Crippen LogP contribution in [0.25, 0.3) is 5.70 Å². The Labute approximate surface area is 181 Å². The number of para-hydroxylation sites is 1. The summed E-state index contributed by atoms with van der Waals surface area (Å²) >= 11 is 1.56. The molecule has 0 unspecified atom stereocenters. The highest BCUT2D eigenvalue weighted by atomic mass is 32.2. The Morgan fingerprint density at radius 2 is 1.80 bits per heavy atom. The first-order chi connectivity index (χ1) is 14.7. The van der Waals surface area contributed by atoms with E-state index < -0.39 is 0 Å². The minimum atomic E-state index is -0.388. The van der Waals surface area contributed by atoms with Crippen LogP contribution in [0.2, 0.25) is 0 Å². The molecule has 6 heteroatoms. The molecule has 0 radical (unpaired) electrons. The summed E-state index contributed by atoms with van der Waals surface area (Å²) in [5.41, 5.74) is 4.20. The van der Waals surface area contributed by atoms with Crippen molar-refractivity contribution in [2.75, 3.05) is 13.2 Å². The average molecular weight is 421 g/mol. The molecular formula is C24H24N2O3S. The molecule has 4 rings (SSSR count). The number of nitrogens with zero attached hydrogens (tertiary/aromatic N) is 2. The van der Waals surface area contributed by atoms with Crippen LogP contribution in [0.5, 0.6) is 5.75 Å². The minimum Gasteiger partial charge on any atom is -0.494 e. The van der Waals surface area contributed by atoms with Crippen LogP contribution < -0.4 is 4.74 Å². The summed E-state index contributed by atoms with van der Waals surface area (Å²) in [4.78, 5) is 19.9. The molecule has 0 fully saturated rings. The van der Waals surface area contributed by atoms with Gasteiger partial charge in [0.2, 0.25) is 0 Å². The molecule has 2 aliphatic rings. The fourth-order valence-corrected chi connectivity index (χ4v) is 4.73. The summed E-state index contributed by atoms with van der Waals surface area (Å²) in [5.74, 6) is 0.406. The predicted octanol–water partition coefficient (Wildman–Crippen LogP) is 5.38. The Balaban J connectivity index is 1.90. The summed E-state index contributed by atoms with van der Waals surface area (Å²) in [7, 11) is 0. The molecule has 0 aromatic heterocycles. The number of fused-ring (bicyclic) bond motifs is 1. The summed E-state index contributed by atoms with van der Waals surface area (Å²) in [6.07, 6.45) is 0. The van der Waals surface area contributed by atoms with Crippen molar-refractivity contribution in [3.63, 3.8) is 0 Å². The number of hydrogen-bond acceptors (Lipinski definition) is 6. The SMILES string of the molecule is CCOC(=O)C1=C(C)N=C2SC=C(c3ccccc3)N2[C@H]1c1ccccc1OCC. The number of carbonyl (C=O) groups excluding carboxylic acids is 1. The lowest BCUT2D eigenvalue weighted by atomic mass is 9.92. The van der Waals surface area contributed by atoms with Gasteiger partial charge in [0, 0.05) is 11.0 Å². The van der Waals surface area contributed by atoms with Gasteiger partial charge in [-0.25, -0.2) is 9.79 Å². The van der Waals surface area contributed by atoms with Gasteiger partial charge in [-0.3, -0.25) is 0 Å². The van der Waals surface area contributed by atoms with Gasteiger partial charge in [-0.15, -0.1) is 0 Å². The number of carbonyl (C=O) groups is 1. The Morgan fingerprint density at radius 1 is 1.07 bits per heavy atom. The molecule has 154 valence electrons. The smallest absolute Gasteiger partial charge is 0.338 e. The molecule has 2 aromatic carbocycles. The van der Waals surface area contributed by atoms with E-state index in [-0.39, 0.29) is 12.0 Å². The molecule has 2 aromatic rings. The van der Waals surface area contributed by atoms with Gasteiger partial charge >= 0.3 is 5.97 Å². The van der Waals surface area contributed by atoms with Crippen molar-refractivity contribution in [1.82, 2.24) is 4.90 Å². The van der Waals surface area contributed by atoms with E-state index in [2.05, 4.69) is 22.4 Å². The van der Waals surface area contributed by atoms with Crippen molar-refractivity contribution in [3.8, 4) is 5.75 Å². The van der Waals surface area contributed by atoms with Crippen molar-refractivity contribution in [2.45, 2.75) is 26.8 Å². The first-order valence-electron chi connectivity index (χ1n) is 10.1. The third kappa shape index (κ3) is 3.63. The van der Waals surface area contributed by atoms with Crippen LogP contribution in [0.1, 0.15) is 37.9 Å². The molecule has 2 aliphatic heterocycles. The maximum absolute atomic E-state index is 13.1. The normalized spacial score (nSPS) is 18.0. The molecule has 0 saturated carbocycles. The van der Waals surface area contributed by atoms with Crippen molar-refractivity contribution >= 4 is 28.6 Å². The van der Waals surface area contributed by atoms with Crippen molar-refractivity contribution in [1.29, 1.82) is 0 Å². The molecule has 0 saturated heterocycles. The summed E-state index contributed by atoms with van der Waals surface area (Å²) < 4.78 is 11.4. The topological polar surface area (TPSA) is 51.1 Å². The standard InChI is InChI=1S/C24H24N2O3S/c1-4-28-20-14-10-9-13-18(20)22-21(23(27)29-5-2)16(3)25-24-26(22)19(15-30-24)17-11-7-6-8-12-17/h6-15,22H,4-5H2,1-3H3/t22-/m0/s1. The van der Waals surface area contributed by atoms with Gasteiger partial charge in [0.25, 0.3) is 0 Å². The van der Waals surface area contributed by atoms with Gasteiger partial charge in [-0.1, -0.05) is 60.3 Å². The van der Waals surface area contributed by atoms with Gasteiger partial charge in [0.15, 0.2) is 5.17 Å². The van der Waals surface area contributed by atoms with Crippen LogP contribution >= 0.6 is 11.8 Å². The van der Waals surface area contributed by atoms with Crippen LogP contribution in [-0.2, 0) is 9.53 Å². The Morgan fingerprint density at radius 3 is 2.53 bits per heavy atom. The molecule has 0 aliphatic carbocycles. The van der Waals surface area contributed by atoms with E-state index in [1.54, 1.807) is 11.8 Å². The highest BCUT2D eigenvalue weighted by molar-refractivity contribution is 8.16. The van der Waals surface area contributed by atoms with Gasteiger partial charge in [-0.2, -0.15) is 0 Å². The number of hydrogen-bond donors (Lipinski definition) is 0. The Kier molecular flexibility index (Phi) is 5.95. The van der Waals surface area contributed by atoms with Crippen molar-refractivity contribution < 1.29 is 14.3 Å². The lowest BCUT2D eigenvalue weighted by Gasteiger charge is -2.37. The van der Waals surface area contributed by atoms with E-state index in [1.807, 2.05) is 63.2 Å². The second-order valence-electron chi connectivity index (χ2n) is 6.84. The van der Waals surface area contributed by atoms with Crippen molar-refractivity contribution in [2.24, 2.45) is 4.99 Å². The zero-order valence-corrected chi connectivity index (χ0v) is 18.1. The third-order valence-electron chi connectivity index (χ3n) is 5.00. The largest absolute Gasteiger partial charge is 0.494 e. The molecule has 5 nitrogen and oxygen atoms in total. The minimum absolute atomic E-state index is 0.308. The number of rotatable bonds is 6. The number of benzene rings is 2. The molecule has 2 heterocycles. The van der Waals surface area contributed by atoms with Crippen LogP contribution in [0.4, 0.5) is 0 Å². The van der Waals surface area contributed by atoms with Crippen LogP contribution in [0.3, 0.4) is 0 Å². The van der Waals surface area contributed by atoms with E-state index in [9.17, 15) is 4.79 Å². The van der Waals surface area contributed by atoms with Crippen LogP contribution in [0.15, 0.2) is 76.3 Å². The Hall–Kier alpha value is -2.99. The van der Waals surface area contributed by atoms with Crippen LogP contribution in [-0.4, -0.2) is 29.3 Å². The fourth-order valence-electron chi connectivity index (χ4n) is 3.76. The molecule has 0 bridgehead atoms. The maximum Gasteiger partial charge on any atom is 0.338 e. The van der Waals surface area contributed by atoms with Crippen LogP contribution in [0, 0.1) is 0 Å². The second kappa shape index (κ2) is 8.79. The van der Waals surface area contributed by atoms with E-state index in [0.717, 1.165) is 27.7 Å². The first-order valence-corrected chi connectivity index (χ1v) is 10.9. The predicted molar refractivity (Wildman–Crippen MR) is 121 cm³/mol. The van der Waals surface area contributed by atoms with Gasteiger partial charge in [0.05, 0.1) is 36.2 Å². The zero-order valence-electron chi connectivity index (χ0n) is 17.3. The third-order valence-corrected chi connectivity index (χ3v) is 5.84. The number of esters is 1. The van der Waals surface area contributed by atoms with Crippen molar-refractivity contribution in [3.05, 3.63) is 82.4 Å². The molecule has 0 N–H and O–H groups in total. The molecule has 0 amide bonds. The maximum atomic E-state index is 13.1. The fraction of sp³-hybridized carbons (Fsp3) is 0.250. The van der Waals surface area contributed by atoms with E-state index in [4.69, 9.17) is 14.5 Å². The number of thioether (sulfide) groups is 1. The van der Waals surface area contributed by atoms with Gasteiger partial charge in [-0.05, 0) is 32.4 Å². The second-order valence-corrected chi connectivity index (χ2v) is 7.68. The van der Waals surface area contributed by atoms with E-state index in [1.165, 1.54) is 0 Å². The van der Waals surface area contributed by atoms with Gasteiger partial charge < -0.3 is 14.4 Å². The first kappa shape index (κ1) is 20.3. The molecule has 30 heavy (non-hydrogen) atoms. The summed E-state index contributed by atoms with van der Waals surface area (Å²) in [5, 5.41) is 2.93. The summed E-state index contributed by atoms with van der Waals surface area (Å²) in [6, 6.07) is 17.6. The van der Waals surface area contributed by atoms with E-state index in [0.29, 0.717) is 24.5 Å². The van der Waals surface area contributed by atoms with E-state index >= 15 is 0 Å². The number of allylic oxidation sites excluding steroid dienone is 1. The Bertz CT molecular complexity index is 1040. The average Bonchev–Trinajstić information content (AvgIpc) is 3.17. The monoisotopic (exact) mass is 420 g/mol. The van der Waals surface area contributed by atoms with Gasteiger partial charge in [0.1, 0.15) is 5.75 Å². The quantitative estimate of drug-likeness (QED) is 0.587. The number of amidine groups is 1.